The molecule has 0 unspecified atom stereocenters. The number of anilines is 2. The molecule has 2 heterocycles. The smallest absolute Gasteiger partial charge is 0.183 e. The number of benzene rings is 2. The van der Waals surface area contributed by atoms with Crippen molar-refractivity contribution in [1.29, 1.82) is 0 Å². The number of fused-ring (bicyclic) bond motifs is 1. The summed E-state index contributed by atoms with van der Waals surface area (Å²) in [6, 6.07) is 13.0. The Labute approximate surface area is 158 Å². The van der Waals surface area contributed by atoms with Gasteiger partial charge in [-0.3, -0.25) is 0 Å². The molecule has 0 saturated carbocycles. The highest BCUT2D eigenvalue weighted by molar-refractivity contribution is 7.22. The molecule has 0 bridgehead atoms. The molecule has 0 spiro atoms. The molecule has 0 aliphatic heterocycles. The van der Waals surface area contributed by atoms with Crippen molar-refractivity contribution in [2.45, 2.75) is 19.9 Å². The van der Waals surface area contributed by atoms with E-state index < -0.39 is 0 Å². The van der Waals surface area contributed by atoms with Crippen LogP contribution in [0.3, 0.4) is 0 Å². The van der Waals surface area contributed by atoms with Crippen molar-refractivity contribution >= 4 is 43.2 Å². The van der Waals surface area contributed by atoms with Crippen molar-refractivity contribution in [2.75, 3.05) is 11.1 Å². The molecule has 2 aromatic carbocycles. The van der Waals surface area contributed by atoms with E-state index in [-0.39, 0.29) is 5.82 Å². The predicted octanol–water partition coefficient (Wildman–Crippen LogP) is 5.63. The predicted molar refractivity (Wildman–Crippen MR) is 109 cm³/mol. The van der Waals surface area contributed by atoms with Gasteiger partial charge in [0.25, 0.3) is 0 Å². The molecule has 7 heteroatoms. The lowest BCUT2D eigenvalue weighted by Crippen LogP contribution is -2.08. The second kappa shape index (κ2) is 6.66. The van der Waals surface area contributed by atoms with Crippen molar-refractivity contribution in [2.24, 2.45) is 0 Å². The molecule has 0 aliphatic carbocycles. The Bertz CT molecular complexity index is 1080. The highest BCUT2D eigenvalue weighted by Crippen LogP contribution is 2.40. The van der Waals surface area contributed by atoms with Crippen LogP contribution in [0.25, 0.3) is 31.9 Å². The molecule has 2 aromatic heterocycles. The second-order valence-corrected chi connectivity index (χ2v) is 8.27. The number of hydrogen-bond donors (Lipinski definition) is 2. The molecular weight excluding hydrogens is 367 g/mol. The van der Waals surface area contributed by atoms with Gasteiger partial charge in [-0.25, -0.2) is 14.4 Å². The third kappa shape index (κ3) is 3.15. The second-order valence-electron chi connectivity index (χ2n) is 6.21. The minimum Gasteiger partial charge on any atom is -0.375 e. The fraction of sp³-hybridized carbons (Fsp3) is 0.158. The Morgan fingerprint density at radius 2 is 1.88 bits per heavy atom. The monoisotopic (exact) mass is 384 g/mol. The normalized spacial score (nSPS) is 11.4. The van der Waals surface area contributed by atoms with Crippen LogP contribution in [0, 0.1) is 5.82 Å². The SMILES string of the molecule is CC(C)Nc1nc2ccc(-c3sc(N)nc3-c3ccccc3F)cc2s1. The van der Waals surface area contributed by atoms with Gasteiger partial charge in [0.05, 0.1) is 20.8 Å². The number of halogens is 1. The maximum atomic E-state index is 14.3. The molecule has 0 atom stereocenters. The number of nitrogen functional groups attached to an aromatic ring is 1. The number of rotatable bonds is 4. The molecule has 3 N–H and O–H groups in total. The number of hydrogen-bond acceptors (Lipinski definition) is 6. The summed E-state index contributed by atoms with van der Waals surface area (Å²) in [5, 5.41) is 4.65. The average Bonchev–Trinajstić information content (AvgIpc) is 3.16. The van der Waals surface area contributed by atoms with Crippen molar-refractivity contribution < 1.29 is 4.39 Å². The molecule has 0 saturated heterocycles. The fourth-order valence-electron chi connectivity index (χ4n) is 2.74. The largest absolute Gasteiger partial charge is 0.375 e. The topological polar surface area (TPSA) is 63.8 Å². The minimum absolute atomic E-state index is 0.304. The van der Waals surface area contributed by atoms with Crippen LogP contribution in [0.4, 0.5) is 14.7 Å². The summed E-state index contributed by atoms with van der Waals surface area (Å²) in [7, 11) is 0. The van der Waals surface area contributed by atoms with E-state index >= 15 is 0 Å². The zero-order valence-electron chi connectivity index (χ0n) is 14.3. The van der Waals surface area contributed by atoms with Crippen LogP contribution in [-0.2, 0) is 0 Å². The van der Waals surface area contributed by atoms with Crippen LogP contribution in [0.2, 0.25) is 0 Å². The van der Waals surface area contributed by atoms with Gasteiger partial charge in [-0.2, -0.15) is 0 Å². The molecule has 4 rings (SSSR count). The van der Waals surface area contributed by atoms with E-state index in [0.29, 0.717) is 22.4 Å². The van der Waals surface area contributed by atoms with Crippen LogP contribution >= 0.6 is 22.7 Å². The number of nitrogens with two attached hydrogens (primary N) is 1. The molecule has 132 valence electrons. The van der Waals surface area contributed by atoms with Crippen molar-refractivity contribution in [3.63, 3.8) is 0 Å². The van der Waals surface area contributed by atoms with Gasteiger partial charge in [0.1, 0.15) is 5.82 Å². The lowest BCUT2D eigenvalue weighted by atomic mass is 10.1. The van der Waals surface area contributed by atoms with E-state index in [9.17, 15) is 4.39 Å². The van der Waals surface area contributed by atoms with Gasteiger partial charge in [-0.15, -0.1) is 0 Å². The summed E-state index contributed by atoms with van der Waals surface area (Å²) < 4.78 is 15.3. The molecule has 4 nitrogen and oxygen atoms in total. The Hall–Kier alpha value is -2.51. The summed E-state index contributed by atoms with van der Waals surface area (Å²) in [5.41, 5.74) is 8.88. The lowest BCUT2D eigenvalue weighted by Gasteiger charge is -2.04. The summed E-state index contributed by atoms with van der Waals surface area (Å²) in [6.07, 6.45) is 0. The first kappa shape index (κ1) is 16.9. The molecule has 0 amide bonds. The van der Waals surface area contributed by atoms with Crippen molar-refractivity contribution in [3.05, 3.63) is 48.3 Å². The summed E-state index contributed by atoms with van der Waals surface area (Å²) in [4.78, 5) is 9.83. The van der Waals surface area contributed by atoms with E-state index in [2.05, 4.69) is 35.2 Å². The van der Waals surface area contributed by atoms with Gasteiger partial charge in [-0.05, 0) is 43.7 Å². The number of nitrogens with zero attached hydrogens (tertiary/aromatic N) is 2. The average molecular weight is 385 g/mol. The van der Waals surface area contributed by atoms with E-state index in [1.165, 1.54) is 17.4 Å². The number of nitrogens with one attached hydrogen (secondary N) is 1. The first-order valence-electron chi connectivity index (χ1n) is 8.20. The number of thiazole rings is 2. The third-order valence-corrected chi connectivity index (χ3v) is 5.72. The zero-order chi connectivity index (χ0) is 18.3. The van der Waals surface area contributed by atoms with Crippen LogP contribution in [0.5, 0.6) is 0 Å². The van der Waals surface area contributed by atoms with Crippen molar-refractivity contribution in [3.8, 4) is 21.7 Å². The molecule has 0 aliphatic rings. The van der Waals surface area contributed by atoms with Gasteiger partial charge in [0.2, 0.25) is 0 Å². The van der Waals surface area contributed by atoms with Gasteiger partial charge in [0, 0.05) is 11.6 Å². The third-order valence-electron chi connectivity index (χ3n) is 3.84. The zero-order valence-corrected chi connectivity index (χ0v) is 15.9. The van der Waals surface area contributed by atoms with Crippen LogP contribution in [0.1, 0.15) is 13.8 Å². The van der Waals surface area contributed by atoms with E-state index in [0.717, 1.165) is 25.8 Å². The lowest BCUT2D eigenvalue weighted by molar-refractivity contribution is 0.631. The highest BCUT2D eigenvalue weighted by Gasteiger charge is 2.17. The molecular formula is C19H17FN4S2. The van der Waals surface area contributed by atoms with Crippen LogP contribution in [-0.4, -0.2) is 16.0 Å². The minimum atomic E-state index is -0.304. The number of aromatic nitrogens is 2. The Balaban J connectivity index is 1.82. The Morgan fingerprint density at radius 1 is 1.08 bits per heavy atom. The van der Waals surface area contributed by atoms with Gasteiger partial charge in [-0.1, -0.05) is 40.9 Å². The van der Waals surface area contributed by atoms with Gasteiger partial charge >= 0.3 is 0 Å². The highest BCUT2D eigenvalue weighted by atomic mass is 32.1. The Morgan fingerprint density at radius 3 is 2.65 bits per heavy atom. The first-order valence-corrected chi connectivity index (χ1v) is 9.83. The fourth-order valence-corrected chi connectivity index (χ4v) is 4.64. The summed E-state index contributed by atoms with van der Waals surface area (Å²) in [6.45, 7) is 4.16. The van der Waals surface area contributed by atoms with Gasteiger partial charge in [0.15, 0.2) is 10.3 Å². The van der Waals surface area contributed by atoms with Crippen LogP contribution < -0.4 is 11.1 Å². The summed E-state index contributed by atoms with van der Waals surface area (Å²) in [5.74, 6) is -0.304. The molecule has 4 aromatic rings. The standard InChI is InChI=1S/C19H17FN4S2/c1-10(2)22-19-23-14-8-7-11(9-15(14)25-19)17-16(24-18(21)26-17)12-5-3-4-6-13(12)20/h3-10H,1-2H3,(H2,21,24)(H,22,23). The van der Waals surface area contributed by atoms with E-state index in [1.807, 2.05) is 12.1 Å². The van der Waals surface area contributed by atoms with Crippen molar-refractivity contribution in [1.82, 2.24) is 9.97 Å². The van der Waals surface area contributed by atoms with Crippen LogP contribution in [0.15, 0.2) is 42.5 Å². The van der Waals surface area contributed by atoms with E-state index in [4.69, 9.17) is 5.73 Å². The Kier molecular flexibility index (Phi) is 4.34. The molecule has 0 radical (unpaired) electrons. The summed E-state index contributed by atoms with van der Waals surface area (Å²) >= 11 is 2.97. The molecule has 0 fully saturated rings. The maximum Gasteiger partial charge on any atom is 0.183 e. The van der Waals surface area contributed by atoms with E-state index in [1.54, 1.807) is 29.5 Å². The van der Waals surface area contributed by atoms with Gasteiger partial charge < -0.3 is 11.1 Å². The maximum absolute atomic E-state index is 14.3. The quantitative estimate of drug-likeness (QED) is 0.479. The molecule has 26 heavy (non-hydrogen) atoms. The first-order chi connectivity index (χ1) is 12.5.